The molecule has 0 aromatic heterocycles. The van der Waals surface area contributed by atoms with E-state index in [1.54, 1.807) is 84.9 Å². The quantitative estimate of drug-likeness (QED) is 0.0311. The number of likely N-dealkylation sites (tertiary alicyclic amines) is 2. The highest BCUT2D eigenvalue weighted by molar-refractivity contribution is 6.13. The van der Waals surface area contributed by atoms with Crippen LogP contribution in [0.2, 0.25) is 0 Å². The van der Waals surface area contributed by atoms with E-state index in [1.807, 2.05) is 19.9 Å². The summed E-state index contributed by atoms with van der Waals surface area (Å²) in [5, 5.41) is 67.1. The second-order valence-corrected chi connectivity index (χ2v) is 35.3. The number of methoxy groups -OCH3 is 3. The smallest absolute Gasteiger partial charge is 0.410 e. The number of ether oxygens (including phenoxy) is 18. The second-order valence-electron chi connectivity index (χ2n) is 35.3. The maximum absolute atomic E-state index is 15.0. The van der Waals surface area contributed by atoms with E-state index in [4.69, 9.17) is 85.3 Å². The van der Waals surface area contributed by atoms with Crippen LogP contribution in [0, 0.1) is 23.7 Å². The van der Waals surface area contributed by atoms with Gasteiger partial charge in [0.2, 0.25) is 53.5 Å². The van der Waals surface area contributed by atoms with Crippen LogP contribution in [-0.4, -0.2) is 434 Å². The van der Waals surface area contributed by atoms with Crippen LogP contribution in [0.15, 0.2) is 60.7 Å². The van der Waals surface area contributed by atoms with Gasteiger partial charge in [-0.2, -0.15) is 0 Å². The highest BCUT2D eigenvalue weighted by atomic mass is 16.7. The lowest BCUT2D eigenvalue weighted by Gasteiger charge is -2.49. The summed E-state index contributed by atoms with van der Waals surface area (Å²) in [6, 6.07) is 9.19. The summed E-state index contributed by atoms with van der Waals surface area (Å²) in [6.07, 6.45) is -8.61. The van der Waals surface area contributed by atoms with Crippen molar-refractivity contribution in [1.82, 2.24) is 51.1 Å². The Labute approximate surface area is 821 Å². The van der Waals surface area contributed by atoms with Crippen LogP contribution in [-0.2, 0) is 142 Å². The number of nitrogens with zero attached hydrogens (tertiary/aromatic N) is 5. The minimum absolute atomic E-state index is 0.0142. The fraction of sp³-hybridized carbons (Fsp3) is 0.740. The molecule has 0 aliphatic carbocycles. The van der Waals surface area contributed by atoms with Crippen molar-refractivity contribution >= 4 is 65.2 Å². The number of nitrogens with one attached hydrogen (secondary N) is 5. The standard InChI is InChI=1S/C96H156N10O34/c1-14-66(6)85(74(124-12)56-82(114)105-30-18-21-72(105)90(125-13)67(7)91(119)100-68(8)86(115)70-19-16-15-17-20-70)102(9)93(121)83(64(2)3)101-92(120)84(65(4)5)103(10)95(122)137-59-69-22-23-73(139-94-89(118)88(117)87(116)75(58-107)140-94)71(55-69)57-98-76(108)26-29-97-78(110)60-138-96(61-99-77(109)27-31-106-80(112)24-25-81(106)113)62-104(63-96)79(111)28-32-126-35-36-128-39-40-130-43-44-132-47-48-134-51-52-136-54-53-135-50-49-133-46-45-131-42-41-129-38-37-127-34-33-123-11/h15-17,19-20,22-25,55,64-68,72,74-75,83-90,94,107,115-118H,14,18,21,26-54,56-63H2,1-13H3,(H,97,110)(H,98,108)(H,99,109)(H,100,119)(H,101,120)/t66-,67+,68+,72-,74+,75+,83-,84-,85-,86+,87-,88-,89+,90+,94+/m0/s1. The van der Waals surface area contributed by atoms with E-state index in [0.29, 0.717) is 169 Å². The lowest BCUT2D eigenvalue weighted by Crippen LogP contribution is -2.69. The van der Waals surface area contributed by atoms with E-state index in [9.17, 15) is 73.5 Å². The summed E-state index contributed by atoms with van der Waals surface area (Å²) in [5.74, 6) is -7.08. The number of benzene rings is 2. The predicted octanol–water partition coefficient (Wildman–Crippen LogP) is 0.128. The summed E-state index contributed by atoms with van der Waals surface area (Å²) >= 11 is 0. The first-order valence-corrected chi connectivity index (χ1v) is 48.3. The van der Waals surface area contributed by atoms with Crippen LogP contribution in [0.25, 0.3) is 0 Å². The monoisotopic (exact) mass is 1990 g/mol. The lowest BCUT2D eigenvalue weighted by molar-refractivity contribution is -0.277. The van der Waals surface area contributed by atoms with Gasteiger partial charge in [-0.3, -0.25) is 57.7 Å². The zero-order chi connectivity index (χ0) is 102. The van der Waals surface area contributed by atoms with Gasteiger partial charge in [-0.15, -0.1) is 0 Å². The Morgan fingerprint density at radius 2 is 1.12 bits per heavy atom. The van der Waals surface area contributed by atoms with Gasteiger partial charge in [0.1, 0.15) is 61.1 Å². The van der Waals surface area contributed by atoms with Crippen LogP contribution in [0.5, 0.6) is 5.75 Å². The molecule has 6 rings (SSSR count). The molecule has 10 N–H and O–H groups in total. The van der Waals surface area contributed by atoms with Crippen molar-refractivity contribution in [3.63, 3.8) is 0 Å². The van der Waals surface area contributed by atoms with Gasteiger partial charge >= 0.3 is 6.09 Å². The van der Waals surface area contributed by atoms with E-state index in [1.165, 1.54) is 49.3 Å². The van der Waals surface area contributed by atoms with Crippen LogP contribution in [0.3, 0.4) is 0 Å². The van der Waals surface area contributed by atoms with E-state index in [2.05, 4.69) is 26.6 Å². The van der Waals surface area contributed by atoms with Gasteiger partial charge in [0.05, 0.1) is 233 Å². The van der Waals surface area contributed by atoms with E-state index in [0.717, 1.165) is 22.0 Å². The van der Waals surface area contributed by atoms with Crippen LogP contribution < -0.4 is 31.3 Å². The minimum atomic E-state index is -1.84. The van der Waals surface area contributed by atoms with Gasteiger partial charge in [0.25, 0.3) is 11.8 Å². The third-order valence-electron chi connectivity index (χ3n) is 24.3. The average Bonchev–Trinajstić information content (AvgIpc) is 0.941. The lowest BCUT2D eigenvalue weighted by atomic mass is 9.89. The number of carbonyl (C=O) groups excluding carboxylic acids is 11. The Bertz CT molecular complexity index is 4010. The molecule has 4 aliphatic rings. The summed E-state index contributed by atoms with van der Waals surface area (Å²) in [7, 11) is 7.56. The van der Waals surface area contributed by atoms with Gasteiger partial charge < -0.3 is 152 Å². The van der Waals surface area contributed by atoms with Crippen molar-refractivity contribution in [2.75, 3.05) is 240 Å². The summed E-state index contributed by atoms with van der Waals surface area (Å²) in [5.41, 5.74) is -0.106. The Morgan fingerprint density at radius 3 is 1.63 bits per heavy atom. The molecule has 0 saturated carbocycles. The molecule has 4 aliphatic heterocycles. The molecule has 2 aromatic rings. The highest BCUT2D eigenvalue weighted by Crippen LogP contribution is 2.33. The molecule has 140 heavy (non-hydrogen) atoms. The van der Waals surface area contributed by atoms with E-state index in [-0.39, 0.29) is 120 Å². The van der Waals surface area contributed by atoms with Crippen molar-refractivity contribution in [2.24, 2.45) is 23.7 Å². The molecule has 3 saturated heterocycles. The van der Waals surface area contributed by atoms with Gasteiger partial charge in [-0.25, -0.2) is 4.79 Å². The third kappa shape index (κ3) is 41.2. The first kappa shape index (κ1) is 120. The van der Waals surface area contributed by atoms with E-state index < -0.39 is 170 Å². The summed E-state index contributed by atoms with van der Waals surface area (Å²) < 4.78 is 101. The molecule has 0 bridgehead atoms. The molecule has 15 atom stereocenters. The van der Waals surface area contributed by atoms with Crippen molar-refractivity contribution in [3.8, 4) is 5.75 Å². The molecule has 794 valence electrons. The number of carbonyl (C=O) groups is 11. The van der Waals surface area contributed by atoms with Crippen LogP contribution in [0.1, 0.15) is 123 Å². The molecule has 44 heteroatoms. The van der Waals surface area contributed by atoms with Gasteiger partial charge in [-0.1, -0.05) is 91.3 Å². The topological polar surface area (TPSA) is 531 Å². The zero-order valence-corrected chi connectivity index (χ0v) is 83.7. The largest absolute Gasteiger partial charge is 0.462 e. The first-order chi connectivity index (χ1) is 67.2. The number of amides is 11. The molecule has 4 heterocycles. The number of aliphatic hydroxyl groups excluding tert-OH is 5. The van der Waals surface area contributed by atoms with E-state index >= 15 is 4.79 Å². The number of aliphatic hydroxyl groups is 5. The fourth-order valence-corrected chi connectivity index (χ4v) is 16.1. The molecule has 0 spiro atoms. The van der Waals surface area contributed by atoms with Crippen molar-refractivity contribution in [2.45, 2.75) is 198 Å². The number of imide groups is 1. The molecule has 0 radical (unpaired) electrons. The van der Waals surface area contributed by atoms with Crippen molar-refractivity contribution in [3.05, 3.63) is 77.4 Å². The maximum atomic E-state index is 15.0. The fourth-order valence-electron chi connectivity index (χ4n) is 16.1. The summed E-state index contributed by atoms with van der Waals surface area (Å²) in [6.45, 7) is 21.1. The molecular formula is C96H156N10O34. The predicted molar refractivity (Wildman–Crippen MR) is 503 cm³/mol. The van der Waals surface area contributed by atoms with Crippen LogP contribution >= 0.6 is 0 Å². The third-order valence-corrected chi connectivity index (χ3v) is 24.3. The number of hydrogen-bond acceptors (Lipinski definition) is 34. The Morgan fingerprint density at radius 1 is 0.586 bits per heavy atom. The van der Waals surface area contributed by atoms with Gasteiger partial charge in [-0.05, 0) is 60.8 Å². The first-order valence-electron chi connectivity index (χ1n) is 48.3. The van der Waals surface area contributed by atoms with Crippen molar-refractivity contribution < 1.29 is 164 Å². The number of hydrogen-bond donors (Lipinski definition) is 10. The molecular weight excluding hydrogens is 1840 g/mol. The Balaban J connectivity index is 0.939. The molecule has 3 fully saturated rings. The highest BCUT2D eigenvalue weighted by Gasteiger charge is 2.49. The second kappa shape index (κ2) is 66.3. The number of rotatable bonds is 74. The molecule has 44 nitrogen and oxygen atoms in total. The number of likely N-dealkylation sites (N-methyl/N-ethyl adjacent to an activating group) is 2. The summed E-state index contributed by atoms with van der Waals surface area (Å²) in [4.78, 5) is 157. The molecule has 11 amide bonds. The SMILES string of the molecule is CC[C@H](C)[C@@H]([C@@H](CC(=O)N1CCC[C@H]1[C@H](OC)[C@@H](C)C(=O)N[C@H](C)[C@@H](O)c1ccccc1)OC)N(C)C(=O)[C@@H](NC(=O)[C@H](C(C)C)N(C)C(=O)OCc1ccc(O[C@@H]2O[C@H](CO)[C@H](O)[C@H](O)[C@H]2O)c(CNC(=O)CCNC(=O)COC2(CNC(=O)CCN3C(=O)C=CC3=O)CN(C(=O)CCOCCOCCOCCOCCOCCOCCOCCOCCOCCOCCOCCOC)C2)c1)C(C)C. The minimum Gasteiger partial charge on any atom is -0.462 e. The Kier molecular flexibility index (Phi) is 56.8. The van der Waals surface area contributed by atoms with Crippen LogP contribution in [0.4, 0.5) is 4.79 Å². The molecule has 0 unspecified atom stereocenters. The average molecular weight is 1990 g/mol. The maximum Gasteiger partial charge on any atom is 0.410 e. The zero-order valence-electron chi connectivity index (χ0n) is 83.7. The van der Waals surface area contributed by atoms with Gasteiger partial charge in [0.15, 0.2) is 0 Å². The van der Waals surface area contributed by atoms with Gasteiger partial charge in [0, 0.05) is 92.2 Å². The Hall–Kier alpha value is -8.69. The molecule has 2 aromatic carbocycles. The van der Waals surface area contributed by atoms with Crippen molar-refractivity contribution in [1.29, 1.82) is 0 Å². The normalized spacial score (nSPS) is 19.3.